The summed E-state index contributed by atoms with van der Waals surface area (Å²) >= 11 is 3.58. The highest BCUT2D eigenvalue weighted by Crippen LogP contribution is 2.25. The molecule has 1 aromatic carbocycles. The predicted octanol–water partition coefficient (Wildman–Crippen LogP) is 4.80. The van der Waals surface area contributed by atoms with Crippen molar-refractivity contribution in [3.8, 4) is 0 Å². The number of hydrogen-bond donors (Lipinski definition) is 1. The monoisotopic (exact) mass is 323 g/mol. The summed E-state index contributed by atoms with van der Waals surface area (Å²) in [6, 6.07) is 9.60. The average molecular weight is 324 g/mol. The molecule has 0 bridgehead atoms. The Morgan fingerprint density at radius 3 is 2.79 bits per heavy atom. The first-order valence-electron chi connectivity index (χ1n) is 7.67. The van der Waals surface area contributed by atoms with Gasteiger partial charge in [-0.25, -0.2) is 0 Å². The van der Waals surface area contributed by atoms with E-state index in [1.165, 1.54) is 48.7 Å². The van der Waals surface area contributed by atoms with Crippen LogP contribution in [-0.4, -0.2) is 12.6 Å². The second-order valence-corrected chi connectivity index (χ2v) is 6.96. The Kier molecular flexibility index (Phi) is 5.90. The quantitative estimate of drug-likeness (QED) is 0.724. The van der Waals surface area contributed by atoms with Gasteiger partial charge in [-0.05, 0) is 55.3 Å². The van der Waals surface area contributed by atoms with E-state index in [1.54, 1.807) is 0 Å². The van der Waals surface area contributed by atoms with Gasteiger partial charge in [0.15, 0.2) is 0 Å². The van der Waals surface area contributed by atoms with Crippen LogP contribution in [0.4, 0.5) is 0 Å². The highest BCUT2D eigenvalue weighted by molar-refractivity contribution is 9.10. The Hall–Kier alpha value is -0.340. The molecule has 1 saturated carbocycles. The van der Waals surface area contributed by atoms with Gasteiger partial charge in [-0.3, -0.25) is 0 Å². The molecule has 0 radical (unpaired) electrons. The van der Waals surface area contributed by atoms with Crippen molar-refractivity contribution in [2.75, 3.05) is 6.54 Å². The first-order chi connectivity index (χ1) is 9.19. The van der Waals surface area contributed by atoms with Crippen LogP contribution in [0.5, 0.6) is 0 Å². The first-order valence-corrected chi connectivity index (χ1v) is 8.46. The fourth-order valence-electron chi connectivity index (χ4n) is 2.74. The van der Waals surface area contributed by atoms with Crippen LogP contribution in [0.25, 0.3) is 0 Å². The smallest absolute Gasteiger partial charge is 0.0177 e. The zero-order valence-electron chi connectivity index (χ0n) is 12.2. The highest BCUT2D eigenvalue weighted by Gasteiger charge is 2.24. The van der Waals surface area contributed by atoms with Crippen LogP contribution >= 0.6 is 15.9 Å². The first kappa shape index (κ1) is 15.1. The molecule has 19 heavy (non-hydrogen) atoms. The van der Waals surface area contributed by atoms with Gasteiger partial charge in [0.05, 0.1) is 0 Å². The minimum atomic E-state index is 0.759. The summed E-state index contributed by atoms with van der Waals surface area (Å²) in [6.45, 7) is 5.89. The molecule has 1 aromatic rings. The number of halogens is 1. The summed E-state index contributed by atoms with van der Waals surface area (Å²) in [5.41, 5.74) is 1.46. The number of hydrogen-bond acceptors (Lipinski definition) is 1. The Morgan fingerprint density at radius 2 is 2.16 bits per heavy atom. The minimum Gasteiger partial charge on any atom is -0.314 e. The maximum Gasteiger partial charge on any atom is 0.0177 e. The molecule has 0 saturated heterocycles. The van der Waals surface area contributed by atoms with Crippen LogP contribution < -0.4 is 5.32 Å². The molecule has 2 unspecified atom stereocenters. The van der Waals surface area contributed by atoms with Crippen LogP contribution in [0.15, 0.2) is 28.7 Å². The zero-order chi connectivity index (χ0) is 13.7. The lowest BCUT2D eigenvalue weighted by molar-refractivity contribution is 0.317. The maximum atomic E-state index is 3.72. The zero-order valence-corrected chi connectivity index (χ0v) is 13.7. The van der Waals surface area contributed by atoms with Gasteiger partial charge >= 0.3 is 0 Å². The van der Waals surface area contributed by atoms with Gasteiger partial charge in [0, 0.05) is 10.5 Å². The molecule has 2 heteroatoms. The molecule has 1 nitrogen and oxygen atoms in total. The third kappa shape index (κ3) is 5.27. The van der Waals surface area contributed by atoms with E-state index in [2.05, 4.69) is 59.4 Å². The SMILES string of the molecule is CCCC(C)C(CNC1CC1)Cc1cccc(Br)c1. The Bertz CT molecular complexity index is 387. The van der Waals surface area contributed by atoms with Gasteiger partial charge in [-0.2, -0.15) is 0 Å². The fraction of sp³-hybridized carbons (Fsp3) is 0.647. The molecule has 1 N–H and O–H groups in total. The number of nitrogens with one attached hydrogen (secondary N) is 1. The van der Waals surface area contributed by atoms with E-state index in [1.807, 2.05) is 0 Å². The van der Waals surface area contributed by atoms with E-state index in [4.69, 9.17) is 0 Å². The molecule has 0 aromatic heterocycles. The molecular weight excluding hydrogens is 298 g/mol. The molecule has 1 aliphatic carbocycles. The highest BCUT2D eigenvalue weighted by atomic mass is 79.9. The van der Waals surface area contributed by atoms with E-state index in [0.717, 1.165) is 17.9 Å². The van der Waals surface area contributed by atoms with Gasteiger partial charge in [-0.15, -0.1) is 0 Å². The summed E-state index contributed by atoms with van der Waals surface area (Å²) in [5, 5.41) is 3.72. The molecule has 2 rings (SSSR count). The summed E-state index contributed by atoms with van der Waals surface area (Å²) in [6.07, 6.45) is 6.59. The van der Waals surface area contributed by atoms with E-state index in [-0.39, 0.29) is 0 Å². The van der Waals surface area contributed by atoms with E-state index in [0.29, 0.717) is 0 Å². The molecule has 0 amide bonds. The fourth-order valence-corrected chi connectivity index (χ4v) is 3.18. The molecule has 0 aliphatic heterocycles. The van der Waals surface area contributed by atoms with Crippen molar-refractivity contribution in [2.24, 2.45) is 11.8 Å². The summed E-state index contributed by atoms with van der Waals surface area (Å²) in [4.78, 5) is 0. The van der Waals surface area contributed by atoms with Gasteiger partial charge in [-0.1, -0.05) is 54.8 Å². The largest absolute Gasteiger partial charge is 0.314 e. The lowest BCUT2D eigenvalue weighted by Crippen LogP contribution is -2.30. The molecular formula is C17H26BrN. The number of benzene rings is 1. The topological polar surface area (TPSA) is 12.0 Å². The third-order valence-corrected chi connectivity index (χ3v) is 4.67. The second-order valence-electron chi connectivity index (χ2n) is 6.04. The van der Waals surface area contributed by atoms with Crippen LogP contribution in [0.1, 0.15) is 45.1 Å². The van der Waals surface area contributed by atoms with Crippen LogP contribution in [0.3, 0.4) is 0 Å². The normalized spacial score (nSPS) is 18.3. The Morgan fingerprint density at radius 1 is 1.37 bits per heavy atom. The van der Waals surface area contributed by atoms with Crippen LogP contribution in [0, 0.1) is 11.8 Å². The minimum absolute atomic E-state index is 0.759. The standard InChI is InChI=1S/C17H26BrN/c1-3-5-13(2)15(12-19-17-8-9-17)10-14-6-4-7-16(18)11-14/h4,6-7,11,13,15,17,19H,3,5,8-10,12H2,1-2H3. The summed E-state index contributed by atoms with van der Waals surface area (Å²) in [5.74, 6) is 1.56. The molecule has 1 fully saturated rings. The van der Waals surface area contributed by atoms with Gasteiger partial charge in [0.1, 0.15) is 0 Å². The van der Waals surface area contributed by atoms with E-state index >= 15 is 0 Å². The van der Waals surface area contributed by atoms with Crippen LogP contribution in [-0.2, 0) is 6.42 Å². The lowest BCUT2D eigenvalue weighted by atomic mass is 9.85. The summed E-state index contributed by atoms with van der Waals surface area (Å²) in [7, 11) is 0. The van der Waals surface area contributed by atoms with Gasteiger partial charge in [0.25, 0.3) is 0 Å². The van der Waals surface area contributed by atoms with Crippen molar-refractivity contribution in [3.05, 3.63) is 34.3 Å². The third-order valence-electron chi connectivity index (χ3n) is 4.18. The van der Waals surface area contributed by atoms with Crippen molar-refractivity contribution in [1.29, 1.82) is 0 Å². The molecule has 0 heterocycles. The molecule has 1 aliphatic rings. The van der Waals surface area contributed by atoms with E-state index < -0.39 is 0 Å². The average Bonchev–Trinajstić information content (AvgIpc) is 3.18. The van der Waals surface area contributed by atoms with Crippen molar-refractivity contribution in [1.82, 2.24) is 5.32 Å². The Labute approximate surface area is 126 Å². The lowest BCUT2D eigenvalue weighted by Gasteiger charge is -2.24. The molecule has 106 valence electrons. The van der Waals surface area contributed by atoms with Crippen LogP contribution in [0.2, 0.25) is 0 Å². The second kappa shape index (κ2) is 7.44. The number of rotatable bonds is 8. The maximum absolute atomic E-state index is 3.72. The van der Waals surface area contributed by atoms with Crippen molar-refractivity contribution in [2.45, 2.75) is 52.0 Å². The van der Waals surface area contributed by atoms with Crippen molar-refractivity contribution < 1.29 is 0 Å². The molecule has 0 spiro atoms. The summed E-state index contributed by atoms with van der Waals surface area (Å²) < 4.78 is 1.20. The van der Waals surface area contributed by atoms with E-state index in [9.17, 15) is 0 Å². The van der Waals surface area contributed by atoms with Gasteiger partial charge in [0.2, 0.25) is 0 Å². The van der Waals surface area contributed by atoms with Crippen molar-refractivity contribution >= 4 is 15.9 Å². The predicted molar refractivity (Wildman–Crippen MR) is 86.4 cm³/mol. The Balaban J connectivity index is 1.94. The van der Waals surface area contributed by atoms with Crippen molar-refractivity contribution in [3.63, 3.8) is 0 Å². The molecule has 2 atom stereocenters. The van der Waals surface area contributed by atoms with Gasteiger partial charge < -0.3 is 5.32 Å².